The van der Waals surface area contributed by atoms with Crippen LogP contribution in [0.3, 0.4) is 0 Å². The van der Waals surface area contributed by atoms with Crippen LogP contribution in [0.2, 0.25) is 0 Å². The molecule has 1 N–H and O–H groups in total. The molecule has 0 aromatic rings. The molecule has 1 heteroatoms. The van der Waals surface area contributed by atoms with Crippen LogP contribution >= 0.6 is 0 Å². The molecule has 0 bridgehead atoms. The van der Waals surface area contributed by atoms with Crippen molar-refractivity contribution in [2.24, 2.45) is 0 Å². The lowest BCUT2D eigenvalue weighted by molar-refractivity contribution is 0.650. The van der Waals surface area contributed by atoms with Crippen LogP contribution in [0.5, 0.6) is 0 Å². The molecule has 0 amide bonds. The molecule has 1 aliphatic carbocycles. The second kappa shape index (κ2) is 3.44. The van der Waals surface area contributed by atoms with Crippen LogP contribution in [0, 0.1) is 0 Å². The number of hydrogen-bond donors (Lipinski definition) is 1. The predicted octanol–water partition coefficient (Wildman–Crippen LogP) is 2.40. The lowest BCUT2D eigenvalue weighted by Gasteiger charge is -2.18. The summed E-state index contributed by atoms with van der Waals surface area (Å²) in [5.41, 5.74) is 3.15. The zero-order valence-corrected chi connectivity index (χ0v) is 7.77. The quantitative estimate of drug-likeness (QED) is 0.626. The first-order valence-electron chi connectivity index (χ1n) is 4.96. The van der Waals surface area contributed by atoms with E-state index < -0.39 is 0 Å². The molecule has 1 heterocycles. The van der Waals surface area contributed by atoms with Gasteiger partial charge in [-0.2, -0.15) is 0 Å². The molecule has 0 aromatic heterocycles. The molecule has 2 aliphatic rings. The lowest BCUT2D eigenvalue weighted by atomic mass is 9.93. The first-order valence-corrected chi connectivity index (χ1v) is 4.96. The number of nitrogens with one attached hydrogen (secondary N) is 1. The van der Waals surface area contributed by atoms with Crippen molar-refractivity contribution in [1.29, 1.82) is 0 Å². The smallest absolute Gasteiger partial charge is 0.0283 e. The fourth-order valence-electron chi connectivity index (χ4n) is 2.05. The molecular formula is C11H17N. The molecule has 12 heavy (non-hydrogen) atoms. The Morgan fingerprint density at radius 3 is 2.83 bits per heavy atom. The van der Waals surface area contributed by atoms with Crippen molar-refractivity contribution in [3.63, 3.8) is 0 Å². The van der Waals surface area contributed by atoms with Gasteiger partial charge in [-0.05, 0) is 39.2 Å². The van der Waals surface area contributed by atoms with Gasteiger partial charge in [-0.3, -0.25) is 0 Å². The Bertz CT molecular complexity index is 219. The molecule has 1 nitrogen and oxygen atoms in total. The zero-order chi connectivity index (χ0) is 8.39. The minimum Gasteiger partial charge on any atom is -0.310 e. The second-order valence-corrected chi connectivity index (χ2v) is 3.90. The normalized spacial score (nSPS) is 29.9. The van der Waals surface area contributed by atoms with Crippen molar-refractivity contribution in [3.8, 4) is 0 Å². The van der Waals surface area contributed by atoms with Gasteiger partial charge in [0.2, 0.25) is 0 Å². The average molecular weight is 163 g/mol. The molecule has 1 unspecified atom stereocenters. The van der Waals surface area contributed by atoms with Crippen molar-refractivity contribution in [3.05, 3.63) is 23.3 Å². The van der Waals surface area contributed by atoms with Gasteiger partial charge < -0.3 is 5.32 Å². The topological polar surface area (TPSA) is 12.0 Å². The van der Waals surface area contributed by atoms with E-state index in [1.165, 1.54) is 37.8 Å². The van der Waals surface area contributed by atoms with Crippen LogP contribution in [0.15, 0.2) is 23.3 Å². The summed E-state index contributed by atoms with van der Waals surface area (Å²) in [6.07, 6.45) is 9.84. The van der Waals surface area contributed by atoms with Gasteiger partial charge in [0.05, 0.1) is 0 Å². The molecule has 1 aliphatic heterocycles. The molecular weight excluding hydrogens is 146 g/mol. The highest BCUT2D eigenvalue weighted by Gasteiger charge is 2.18. The van der Waals surface area contributed by atoms with E-state index in [4.69, 9.17) is 0 Å². The van der Waals surface area contributed by atoms with E-state index >= 15 is 0 Å². The molecule has 0 saturated carbocycles. The van der Waals surface area contributed by atoms with Gasteiger partial charge in [0, 0.05) is 6.04 Å². The third-order valence-electron chi connectivity index (χ3n) is 2.90. The Morgan fingerprint density at radius 1 is 1.33 bits per heavy atom. The Hall–Kier alpha value is -0.560. The minimum atomic E-state index is 0.703. The van der Waals surface area contributed by atoms with Crippen LogP contribution in [-0.2, 0) is 0 Å². The van der Waals surface area contributed by atoms with Gasteiger partial charge in [-0.1, -0.05) is 23.3 Å². The third kappa shape index (κ3) is 1.61. The molecule has 0 radical (unpaired) electrons. The average Bonchev–Trinajstić information content (AvgIpc) is 2.58. The summed E-state index contributed by atoms with van der Waals surface area (Å²) in [6.45, 7) is 3.43. The number of hydrogen-bond acceptors (Lipinski definition) is 1. The zero-order valence-electron chi connectivity index (χ0n) is 7.77. The Labute approximate surface area is 74.5 Å². The van der Waals surface area contributed by atoms with E-state index in [1.54, 1.807) is 5.57 Å². The largest absolute Gasteiger partial charge is 0.310 e. The third-order valence-corrected chi connectivity index (χ3v) is 2.90. The maximum absolute atomic E-state index is 3.54. The van der Waals surface area contributed by atoms with Crippen LogP contribution in [-0.4, -0.2) is 12.6 Å². The molecule has 2 rings (SSSR count). The molecule has 66 valence electrons. The fraction of sp³-hybridized carbons (Fsp3) is 0.636. The SMILES string of the molecule is CC1=CC=C(C2CCCN2)CC1. The summed E-state index contributed by atoms with van der Waals surface area (Å²) in [5.74, 6) is 0. The fourth-order valence-corrected chi connectivity index (χ4v) is 2.05. The van der Waals surface area contributed by atoms with Gasteiger partial charge in [-0.25, -0.2) is 0 Å². The highest BCUT2D eigenvalue weighted by Crippen LogP contribution is 2.24. The first-order chi connectivity index (χ1) is 5.86. The molecule has 0 spiro atoms. The van der Waals surface area contributed by atoms with Gasteiger partial charge in [-0.15, -0.1) is 0 Å². The van der Waals surface area contributed by atoms with E-state index in [0.717, 1.165) is 0 Å². The van der Waals surface area contributed by atoms with Crippen molar-refractivity contribution >= 4 is 0 Å². The highest BCUT2D eigenvalue weighted by molar-refractivity contribution is 5.26. The molecule has 1 atom stereocenters. The van der Waals surface area contributed by atoms with E-state index in [1.807, 2.05) is 0 Å². The summed E-state index contributed by atoms with van der Waals surface area (Å²) in [7, 11) is 0. The van der Waals surface area contributed by atoms with Crippen LogP contribution in [0.25, 0.3) is 0 Å². The summed E-state index contributed by atoms with van der Waals surface area (Å²) < 4.78 is 0. The van der Waals surface area contributed by atoms with Crippen molar-refractivity contribution in [2.45, 2.75) is 38.6 Å². The van der Waals surface area contributed by atoms with E-state index in [-0.39, 0.29) is 0 Å². The van der Waals surface area contributed by atoms with E-state index in [2.05, 4.69) is 24.4 Å². The van der Waals surface area contributed by atoms with Crippen molar-refractivity contribution in [2.75, 3.05) is 6.54 Å². The number of allylic oxidation sites excluding steroid dienone is 3. The van der Waals surface area contributed by atoms with Crippen LogP contribution in [0.1, 0.15) is 32.6 Å². The summed E-state index contributed by atoms with van der Waals surface area (Å²) in [4.78, 5) is 0. The van der Waals surface area contributed by atoms with Gasteiger partial charge in [0.25, 0.3) is 0 Å². The van der Waals surface area contributed by atoms with E-state index in [9.17, 15) is 0 Å². The second-order valence-electron chi connectivity index (χ2n) is 3.90. The van der Waals surface area contributed by atoms with E-state index in [0.29, 0.717) is 6.04 Å². The number of rotatable bonds is 1. The summed E-state index contributed by atoms with van der Waals surface area (Å²) >= 11 is 0. The van der Waals surface area contributed by atoms with Gasteiger partial charge in [0.15, 0.2) is 0 Å². The summed E-state index contributed by atoms with van der Waals surface area (Å²) in [6, 6.07) is 0.703. The molecule has 1 fully saturated rings. The summed E-state index contributed by atoms with van der Waals surface area (Å²) in [5, 5.41) is 3.54. The maximum atomic E-state index is 3.54. The maximum Gasteiger partial charge on any atom is 0.0283 e. The molecule has 1 saturated heterocycles. The van der Waals surface area contributed by atoms with Crippen molar-refractivity contribution in [1.82, 2.24) is 5.32 Å². The highest BCUT2D eigenvalue weighted by atomic mass is 14.9. The van der Waals surface area contributed by atoms with Gasteiger partial charge in [0.1, 0.15) is 0 Å². The van der Waals surface area contributed by atoms with Gasteiger partial charge >= 0.3 is 0 Å². The minimum absolute atomic E-state index is 0.703. The monoisotopic (exact) mass is 163 g/mol. The first kappa shape index (κ1) is 8.06. The van der Waals surface area contributed by atoms with Crippen molar-refractivity contribution < 1.29 is 0 Å². The Kier molecular flexibility index (Phi) is 2.31. The molecule has 0 aromatic carbocycles. The predicted molar refractivity (Wildman–Crippen MR) is 52.1 cm³/mol. The van der Waals surface area contributed by atoms with Crippen LogP contribution < -0.4 is 5.32 Å². The Morgan fingerprint density at radius 2 is 2.25 bits per heavy atom. The lowest BCUT2D eigenvalue weighted by Crippen LogP contribution is -2.24. The standard InChI is InChI=1S/C11H17N/c1-9-4-6-10(7-5-9)11-3-2-8-12-11/h4,6,11-12H,2-3,5,7-8H2,1H3. The Balaban J connectivity index is 2.04. The van der Waals surface area contributed by atoms with Crippen LogP contribution in [0.4, 0.5) is 0 Å².